The predicted octanol–water partition coefficient (Wildman–Crippen LogP) is -0.328. The van der Waals surface area contributed by atoms with Gasteiger partial charge in [0, 0.05) is 6.42 Å². The standard InChI is InChI=1S/C25H40O12/c1-13(5-6-16-14(11-26)7-15(28)8-24(16,2)3)35-23-21(33)22(20(32)17(12-27)36-23)37-19(31)10-25(4,34)9-18(29)30/h7,13,16-17,20-23,26-27,32-34H,5-6,8-12H2,1-4H3,(H,29,30)/t13?,16-,17+,20+,21+,22-,23+,25?/m0/s1. The molecule has 12 heteroatoms. The number of carboxylic acid groups (broad SMARTS) is 1. The van der Waals surface area contributed by atoms with E-state index in [4.69, 9.17) is 19.3 Å². The Kier molecular flexibility index (Phi) is 10.8. The van der Waals surface area contributed by atoms with Gasteiger partial charge in [0.25, 0.3) is 0 Å². The normalized spacial score (nSPS) is 32.2. The van der Waals surface area contributed by atoms with Crippen LogP contribution in [0, 0.1) is 11.3 Å². The number of carboxylic acids is 1. The molecule has 0 aromatic carbocycles. The van der Waals surface area contributed by atoms with E-state index in [0.717, 1.165) is 6.92 Å². The molecule has 37 heavy (non-hydrogen) atoms. The molecule has 0 aromatic rings. The number of hydrogen-bond acceptors (Lipinski definition) is 11. The van der Waals surface area contributed by atoms with E-state index in [1.165, 1.54) is 6.08 Å². The summed E-state index contributed by atoms with van der Waals surface area (Å²) in [5.74, 6) is -2.49. The van der Waals surface area contributed by atoms with Crippen molar-refractivity contribution in [2.75, 3.05) is 13.2 Å². The van der Waals surface area contributed by atoms with Gasteiger partial charge in [-0.15, -0.1) is 0 Å². The minimum absolute atomic E-state index is 0.0352. The first-order chi connectivity index (χ1) is 17.1. The Morgan fingerprint density at radius 2 is 1.86 bits per heavy atom. The quantitative estimate of drug-likeness (QED) is 0.179. The van der Waals surface area contributed by atoms with Crippen molar-refractivity contribution in [3.8, 4) is 0 Å². The Balaban J connectivity index is 2.05. The molecule has 1 fully saturated rings. The fraction of sp³-hybridized carbons (Fsp3) is 0.800. The third-order valence-electron chi connectivity index (χ3n) is 6.92. The molecule has 2 aliphatic rings. The molecule has 0 aromatic heterocycles. The number of aliphatic hydroxyl groups is 5. The Morgan fingerprint density at radius 1 is 1.22 bits per heavy atom. The highest BCUT2D eigenvalue weighted by Crippen LogP contribution is 2.42. The van der Waals surface area contributed by atoms with Gasteiger partial charge in [0.2, 0.25) is 0 Å². The van der Waals surface area contributed by atoms with E-state index < -0.39 is 73.8 Å². The van der Waals surface area contributed by atoms with Crippen molar-refractivity contribution in [2.24, 2.45) is 11.3 Å². The molecule has 0 radical (unpaired) electrons. The lowest BCUT2D eigenvalue weighted by molar-refractivity contribution is -0.312. The summed E-state index contributed by atoms with van der Waals surface area (Å²) >= 11 is 0. The average Bonchev–Trinajstić information content (AvgIpc) is 2.75. The summed E-state index contributed by atoms with van der Waals surface area (Å²) in [6, 6.07) is 0. The lowest BCUT2D eigenvalue weighted by Crippen LogP contribution is -2.61. The maximum Gasteiger partial charge on any atom is 0.309 e. The number of carbonyl (C=O) groups is 3. The number of ketones is 1. The first-order valence-corrected chi connectivity index (χ1v) is 12.4. The number of rotatable bonds is 12. The van der Waals surface area contributed by atoms with Gasteiger partial charge in [-0.05, 0) is 49.7 Å². The van der Waals surface area contributed by atoms with Crippen LogP contribution in [0.5, 0.6) is 0 Å². The molecule has 2 rings (SSSR count). The van der Waals surface area contributed by atoms with Gasteiger partial charge in [-0.2, -0.15) is 0 Å². The van der Waals surface area contributed by atoms with E-state index >= 15 is 0 Å². The number of allylic oxidation sites excluding steroid dienone is 1. The summed E-state index contributed by atoms with van der Waals surface area (Å²) in [5, 5.41) is 59.5. The number of aliphatic carboxylic acids is 1. The van der Waals surface area contributed by atoms with Gasteiger partial charge in [-0.1, -0.05) is 13.8 Å². The predicted molar refractivity (Wildman–Crippen MR) is 127 cm³/mol. The molecule has 1 aliphatic heterocycles. The molecule has 0 amide bonds. The molecule has 2 unspecified atom stereocenters. The van der Waals surface area contributed by atoms with Gasteiger partial charge in [0.15, 0.2) is 18.2 Å². The maximum absolute atomic E-state index is 12.4. The van der Waals surface area contributed by atoms with E-state index in [1.54, 1.807) is 6.92 Å². The van der Waals surface area contributed by atoms with Gasteiger partial charge in [0.05, 0.1) is 37.8 Å². The second-order valence-corrected chi connectivity index (χ2v) is 11.0. The molecule has 1 heterocycles. The smallest absolute Gasteiger partial charge is 0.309 e. The monoisotopic (exact) mass is 532 g/mol. The molecular formula is C25H40O12. The first-order valence-electron chi connectivity index (χ1n) is 12.4. The molecule has 8 atom stereocenters. The van der Waals surface area contributed by atoms with Crippen molar-refractivity contribution >= 4 is 17.7 Å². The van der Waals surface area contributed by atoms with Crippen molar-refractivity contribution in [3.05, 3.63) is 11.6 Å². The number of ether oxygens (including phenoxy) is 3. The van der Waals surface area contributed by atoms with Crippen LogP contribution in [0.25, 0.3) is 0 Å². The summed E-state index contributed by atoms with van der Waals surface area (Å²) in [6.07, 6.45) is -6.51. The van der Waals surface area contributed by atoms with Crippen LogP contribution in [0.15, 0.2) is 11.6 Å². The first kappa shape index (κ1) is 31.3. The van der Waals surface area contributed by atoms with Gasteiger partial charge < -0.3 is 44.8 Å². The largest absolute Gasteiger partial charge is 0.481 e. The Morgan fingerprint density at radius 3 is 2.43 bits per heavy atom. The summed E-state index contributed by atoms with van der Waals surface area (Å²) in [6.45, 7) is 5.88. The third-order valence-corrected chi connectivity index (χ3v) is 6.92. The molecule has 6 N–H and O–H groups in total. The van der Waals surface area contributed by atoms with E-state index in [2.05, 4.69) is 0 Å². The molecule has 1 saturated heterocycles. The van der Waals surface area contributed by atoms with Crippen LogP contribution in [-0.4, -0.2) is 104 Å². The summed E-state index contributed by atoms with van der Waals surface area (Å²) < 4.78 is 16.5. The SMILES string of the molecule is CC(CC[C@H]1C(CO)=CC(=O)CC1(C)C)O[C@@H]1O[C@H](CO)[C@@H](O)[C@H](OC(=O)CC(C)(O)CC(=O)O)[C@H]1O. The Labute approximate surface area is 215 Å². The topological polar surface area (TPSA) is 200 Å². The second-order valence-electron chi connectivity index (χ2n) is 11.0. The zero-order chi connectivity index (χ0) is 28.1. The van der Waals surface area contributed by atoms with Gasteiger partial charge in [-0.25, -0.2) is 0 Å². The summed E-state index contributed by atoms with van der Waals surface area (Å²) in [5.41, 5.74) is -1.63. The van der Waals surface area contributed by atoms with Gasteiger partial charge in [0.1, 0.15) is 18.3 Å². The van der Waals surface area contributed by atoms with Crippen LogP contribution in [0.4, 0.5) is 0 Å². The van der Waals surface area contributed by atoms with Crippen molar-refractivity contribution in [2.45, 2.75) is 102 Å². The van der Waals surface area contributed by atoms with Crippen molar-refractivity contribution in [3.63, 3.8) is 0 Å². The Hall–Kier alpha value is -1.93. The van der Waals surface area contributed by atoms with Crippen molar-refractivity contribution in [1.29, 1.82) is 0 Å². The lowest BCUT2D eigenvalue weighted by atomic mass is 9.66. The maximum atomic E-state index is 12.4. The zero-order valence-electron chi connectivity index (χ0n) is 21.7. The Bertz CT molecular complexity index is 851. The van der Waals surface area contributed by atoms with Crippen LogP contribution in [0.1, 0.15) is 59.8 Å². The van der Waals surface area contributed by atoms with Crippen LogP contribution in [-0.2, 0) is 28.6 Å². The molecule has 0 saturated carbocycles. The highest BCUT2D eigenvalue weighted by atomic mass is 16.7. The van der Waals surface area contributed by atoms with Crippen LogP contribution >= 0.6 is 0 Å². The lowest BCUT2D eigenvalue weighted by Gasteiger charge is -2.42. The number of aliphatic hydroxyl groups excluding tert-OH is 4. The minimum atomic E-state index is -1.91. The van der Waals surface area contributed by atoms with E-state index in [1.807, 2.05) is 13.8 Å². The van der Waals surface area contributed by atoms with Gasteiger partial charge >= 0.3 is 11.9 Å². The highest BCUT2D eigenvalue weighted by Gasteiger charge is 2.48. The molecule has 12 nitrogen and oxygen atoms in total. The molecule has 0 spiro atoms. The average molecular weight is 533 g/mol. The number of carbonyl (C=O) groups excluding carboxylic acids is 2. The highest BCUT2D eigenvalue weighted by molar-refractivity contribution is 5.92. The third kappa shape index (κ3) is 8.54. The summed E-state index contributed by atoms with van der Waals surface area (Å²) in [4.78, 5) is 35.2. The zero-order valence-corrected chi connectivity index (χ0v) is 21.7. The van der Waals surface area contributed by atoms with E-state index in [0.29, 0.717) is 24.8 Å². The number of esters is 1. The molecule has 212 valence electrons. The number of hydrogen-bond donors (Lipinski definition) is 6. The van der Waals surface area contributed by atoms with Crippen molar-refractivity contribution in [1.82, 2.24) is 0 Å². The molecule has 0 bridgehead atoms. The van der Waals surface area contributed by atoms with E-state index in [-0.39, 0.29) is 23.7 Å². The van der Waals surface area contributed by atoms with E-state index in [9.17, 15) is 39.9 Å². The van der Waals surface area contributed by atoms with Crippen LogP contribution < -0.4 is 0 Å². The second kappa shape index (κ2) is 12.7. The van der Waals surface area contributed by atoms with Crippen LogP contribution in [0.3, 0.4) is 0 Å². The van der Waals surface area contributed by atoms with Crippen molar-refractivity contribution < 1.29 is 59.2 Å². The fourth-order valence-corrected chi connectivity index (χ4v) is 5.06. The van der Waals surface area contributed by atoms with Crippen LogP contribution in [0.2, 0.25) is 0 Å². The minimum Gasteiger partial charge on any atom is -0.481 e. The molecule has 1 aliphatic carbocycles. The fourth-order valence-electron chi connectivity index (χ4n) is 5.06. The summed E-state index contributed by atoms with van der Waals surface area (Å²) in [7, 11) is 0. The molecular weight excluding hydrogens is 492 g/mol. The van der Waals surface area contributed by atoms with Gasteiger partial charge in [-0.3, -0.25) is 14.4 Å².